The molecule has 0 aromatic heterocycles. The molecular formula is C33H25NO5S. The number of nitrogens with zero attached hydrogens (tertiary/aromatic N) is 1. The molecule has 198 valence electrons. The number of ketones is 2. The van der Waals surface area contributed by atoms with Crippen molar-refractivity contribution < 1.29 is 22.8 Å². The summed E-state index contributed by atoms with van der Waals surface area (Å²) in [5, 5.41) is -1.41. The summed E-state index contributed by atoms with van der Waals surface area (Å²) in [5.74, 6) is -1.24. The lowest BCUT2D eigenvalue weighted by Gasteiger charge is -2.36. The van der Waals surface area contributed by atoms with Crippen molar-refractivity contribution in [3.8, 4) is 11.1 Å². The fourth-order valence-electron chi connectivity index (χ4n) is 5.48. The molecule has 4 aromatic rings. The highest BCUT2D eigenvalue weighted by molar-refractivity contribution is 7.92. The van der Waals surface area contributed by atoms with Gasteiger partial charge in [-0.05, 0) is 59.5 Å². The Bertz CT molecular complexity index is 1810. The van der Waals surface area contributed by atoms with Crippen molar-refractivity contribution >= 4 is 33.0 Å². The molecule has 1 amide bonds. The number of carbonyl (C=O) groups excluding carboxylic acids is 3. The molecule has 0 fully saturated rings. The standard InChI is InChI=1S/C33H25NO5S/c1-21-12-14-24(15-13-21)40(38,39)30-19-25-27(34(33(30)37)20-22-8-4-2-5-9-22)18-26-28(35)16-17-29(36)32(26)31(25)23-10-6-3-7-11-23/h2-18,30H,19-20H2,1H3. The van der Waals surface area contributed by atoms with Crippen molar-refractivity contribution in [2.24, 2.45) is 0 Å². The van der Waals surface area contributed by atoms with Gasteiger partial charge in [-0.1, -0.05) is 78.4 Å². The Morgan fingerprint density at radius 3 is 2.08 bits per heavy atom. The zero-order valence-electron chi connectivity index (χ0n) is 21.7. The van der Waals surface area contributed by atoms with Crippen LogP contribution in [0.3, 0.4) is 0 Å². The number of sulfone groups is 1. The normalized spacial score (nSPS) is 16.6. The molecular weight excluding hydrogens is 522 g/mol. The van der Waals surface area contributed by atoms with Crippen molar-refractivity contribution in [1.82, 2.24) is 0 Å². The molecule has 1 unspecified atom stereocenters. The number of rotatable bonds is 5. The zero-order valence-corrected chi connectivity index (χ0v) is 22.5. The fourth-order valence-corrected chi connectivity index (χ4v) is 7.11. The van der Waals surface area contributed by atoms with E-state index in [1.54, 1.807) is 18.2 Å². The lowest BCUT2D eigenvalue weighted by atomic mass is 9.81. The van der Waals surface area contributed by atoms with Crippen LogP contribution in [0.5, 0.6) is 0 Å². The lowest BCUT2D eigenvalue weighted by molar-refractivity contribution is -0.118. The van der Waals surface area contributed by atoms with Gasteiger partial charge in [-0.15, -0.1) is 0 Å². The van der Waals surface area contributed by atoms with Crippen LogP contribution in [0, 0.1) is 6.92 Å². The van der Waals surface area contributed by atoms with Crippen LogP contribution in [0.2, 0.25) is 0 Å². The van der Waals surface area contributed by atoms with Gasteiger partial charge in [-0.25, -0.2) is 8.42 Å². The van der Waals surface area contributed by atoms with Crippen LogP contribution >= 0.6 is 0 Å². The average Bonchev–Trinajstić information content (AvgIpc) is 2.96. The SMILES string of the molecule is Cc1ccc(S(=O)(=O)C2Cc3c(cc4c(c3-c3ccccc3)C(=O)C=CC4=O)N(Cc3ccccc3)C2=O)cc1. The minimum absolute atomic E-state index is 0.0629. The molecule has 4 aromatic carbocycles. The second kappa shape index (κ2) is 9.84. The van der Waals surface area contributed by atoms with Crippen LogP contribution in [0.15, 0.2) is 108 Å². The summed E-state index contributed by atoms with van der Waals surface area (Å²) in [6, 6.07) is 26.5. The smallest absolute Gasteiger partial charge is 0.246 e. The van der Waals surface area contributed by atoms with Gasteiger partial charge in [0, 0.05) is 23.2 Å². The molecule has 2 aliphatic rings. The maximum Gasteiger partial charge on any atom is 0.246 e. The van der Waals surface area contributed by atoms with Crippen LogP contribution in [0.1, 0.15) is 37.4 Å². The number of fused-ring (bicyclic) bond motifs is 2. The largest absolute Gasteiger partial charge is 0.307 e. The predicted molar refractivity (Wildman–Crippen MR) is 153 cm³/mol. The van der Waals surface area contributed by atoms with Crippen molar-refractivity contribution in [3.05, 3.63) is 131 Å². The molecule has 1 atom stereocenters. The number of amides is 1. The fraction of sp³-hybridized carbons (Fsp3) is 0.121. The maximum atomic E-state index is 14.1. The van der Waals surface area contributed by atoms with E-state index in [1.807, 2.05) is 67.6 Å². The molecule has 0 saturated carbocycles. The second-order valence-electron chi connectivity index (χ2n) is 10.1. The Morgan fingerprint density at radius 1 is 0.775 bits per heavy atom. The molecule has 6 rings (SSSR count). The van der Waals surface area contributed by atoms with E-state index >= 15 is 0 Å². The molecule has 0 bridgehead atoms. The molecule has 0 saturated heterocycles. The third-order valence-electron chi connectivity index (χ3n) is 7.50. The molecule has 0 N–H and O–H groups in total. The Morgan fingerprint density at radius 2 is 1.40 bits per heavy atom. The van der Waals surface area contributed by atoms with Crippen molar-refractivity contribution in [3.63, 3.8) is 0 Å². The Kier molecular flexibility index (Phi) is 6.31. The molecule has 0 radical (unpaired) electrons. The summed E-state index contributed by atoms with van der Waals surface area (Å²) in [5.41, 5.74) is 4.30. The highest BCUT2D eigenvalue weighted by Gasteiger charge is 2.44. The van der Waals surface area contributed by atoms with E-state index in [2.05, 4.69) is 0 Å². The lowest BCUT2D eigenvalue weighted by Crippen LogP contribution is -2.48. The van der Waals surface area contributed by atoms with Crippen LogP contribution in [0.25, 0.3) is 11.1 Å². The number of anilines is 1. The van der Waals surface area contributed by atoms with Crippen molar-refractivity contribution in [2.45, 2.75) is 30.0 Å². The molecule has 1 heterocycles. The van der Waals surface area contributed by atoms with Gasteiger partial charge in [0.2, 0.25) is 5.91 Å². The molecule has 0 spiro atoms. The summed E-state index contributed by atoms with van der Waals surface area (Å²) < 4.78 is 28.0. The third kappa shape index (κ3) is 4.28. The van der Waals surface area contributed by atoms with Crippen LogP contribution in [0.4, 0.5) is 5.69 Å². The summed E-state index contributed by atoms with van der Waals surface area (Å²) in [6.07, 6.45) is 2.36. The minimum atomic E-state index is -4.10. The van der Waals surface area contributed by atoms with E-state index in [1.165, 1.54) is 29.2 Å². The Labute approximate surface area is 232 Å². The highest BCUT2D eigenvalue weighted by atomic mass is 32.2. The zero-order chi connectivity index (χ0) is 28.0. The molecule has 40 heavy (non-hydrogen) atoms. The first-order valence-corrected chi connectivity index (χ1v) is 14.5. The number of hydrogen-bond donors (Lipinski definition) is 0. The van der Waals surface area contributed by atoms with Gasteiger partial charge in [-0.3, -0.25) is 14.4 Å². The van der Waals surface area contributed by atoms with Gasteiger partial charge in [0.15, 0.2) is 21.4 Å². The number of carbonyl (C=O) groups is 3. The van der Waals surface area contributed by atoms with E-state index in [-0.39, 0.29) is 40.6 Å². The average molecular weight is 548 g/mol. The molecule has 6 nitrogen and oxygen atoms in total. The number of aryl methyl sites for hydroxylation is 1. The Balaban J connectivity index is 1.63. The summed E-state index contributed by atoms with van der Waals surface area (Å²) in [7, 11) is -4.10. The van der Waals surface area contributed by atoms with Crippen LogP contribution < -0.4 is 4.90 Å². The quantitative estimate of drug-likeness (QED) is 0.328. The minimum Gasteiger partial charge on any atom is -0.307 e. The van der Waals surface area contributed by atoms with Gasteiger partial charge < -0.3 is 4.90 Å². The number of allylic oxidation sites excluding steroid dienone is 2. The maximum absolute atomic E-state index is 14.1. The number of benzene rings is 4. The first kappa shape index (κ1) is 25.6. The van der Waals surface area contributed by atoms with Crippen LogP contribution in [-0.2, 0) is 27.6 Å². The highest BCUT2D eigenvalue weighted by Crippen LogP contribution is 2.44. The van der Waals surface area contributed by atoms with E-state index < -0.39 is 21.0 Å². The summed E-state index contributed by atoms with van der Waals surface area (Å²) in [6.45, 7) is 1.97. The van der Waals surface area contributed by atoms with Crippen LogP contribution in [-0.4, -0.2) is 31.1 Å². The third-order valence-corrected chi connectivity index (χ3v) is 9.55. The van der Waals surface area contributed by atoms with Crippen molar-refractivity contribution in [1.29, 1.82) is 0 Å². The first-order valence-electron chi connectivity index (χ1n) is 12.9. The van der Waals surface area contributed by atoms with E-state index in [0.29, 0.717) is 22.4 Å². The topological polar surface area (TPSA) is 88.6 Å². The van der Waals surface area contributed by atoms with Crippen molar-refractivity contribution in [2.75, 3.05) is 4.90 Å². The van der Waals surface area contributed by atoms with E-state index in [4.69, 9.17) is 0 Å². The second-order valence-corrected chi connectivity index (χ2v) is 12.2. The van der Waals surface area contributed by atoms with Gasteiger partial charge in [0.25, 0.3) is 0 Å². The van der Waals surface area contributed by atoms with E-state index in [9.17, 15) is 22.8 Å². The first-order chi connectivity index (χ1) is 19.3. The summed E-state index contributed by atoms with van der Waals surface area (Å²) in [4.78, 5) is 41.9. The monoisotopic (exact) mass is 547 g/mol. The predicted octanol–water partition coefficient (Wildman–Crippen LogP) is 5.53. The van der Waals surface area contributed by atoms with Gasteiger partial charge in [0.1, 0.15) is 5.25 Å². The molecule has 1 aliphatic carbocycles. The summed E-state index contributed by atoms with van der Waals surface area (Å²) >= 11 is 0. The Hall–Kier alpha value is -4.62. The molecule has 7 heteroatoms. The van der Waals surface area contributed by atoms with Gasteiger partial charge in [-0.2, -0.15) is 0 Å². The van der Waals surface area contributed by atoms with Gasteiger partial charge >= 0.3 is 0 Å². The molecule has 1 aliphatic heterocycles. The van der Waals surface area contributed by atoms with Gasteiger partial charge in [0.05, 0.1) is 11.4 Å². The van der Waals surface area contributed by atoms with E-state index in [0.717, 1.165) is 11.1 Å². The number of hydrogen-bond acceptors (Lipinski definition) is 5.